The molecule has 148 valence electrons. The molecule has 0 fully saturated rings. The monoisotopic (exact) mass is 399 g/mol. The van der Waals surface area contributed by atoms with Crippen LogP contribution in [0, 0.1) is 0 Å². The van der Waals surface area contributed by atoms with Crippen LogP contribution in [-0.2, 0) is 12.8 Å². The molecule has 0 aliphatic rings. The molecule has 0 spiro atoms. The lowest BCUT2D eigenvalue weighted by Crippen LogP contribution is -2.41. The van der Waals surface area contributed by atoms with Crippen LogP contribution in [0.2, 0.25) is 0 Å². The number of pyridine rings is 1. The van der Waals surface area contributed by atoms with E-state index in [1.807, 2.05) is 43.6 Å². The van der Waals surface area contributed by atoms with Crippen LogP contribution in [-0.4, -0.2) is 53.6 Å². The van der Waals surface area contributed by atoms with Crippen molar-refractivity contribution in [3.05, 3.63) is 78.8 Å². The van der Waals surface area contributed by atoms with E-state index in [-0.39, 0.29) is 17.2 Å². The summed E-state index contributed by atoms with van der Waals surface area (Å²) in [6, 6.07) is 7.28. The summed E-state index contributed by atoms with van der Waals surface area (Å²) in [4.78, 5) is 37.9. The van der Waals surface area contributed by atoms with E-state index in [1.165, 1.54) is 0 Å². The Morgan fingerprint density at radius 2 is 1.93 bits per heavy atom. The fourth-order valence-corrected chi connectivity index (χ4v) is 3.74. The second-order valence-electron chi connectivity index (χ2n) is 7.13. The summed E-state index contributed by atoms with van der Waals surface area (Å²) in [5, 5.41) is 4.09. The number of aromatic amines is 2. The Labute approximate surface area is 167 Å². The Morgan fingerprint density at radius 1 is 1.11 bits per heavy atom. The minimum atomic E-state index is -0.155. The van der Waals surface area contributed by atoms with Gasteiger partial charge in [0.25, 0.3) is 5.56 Å². The molecule has 3 rings (SSSR count). The number of anilines is 1. The van der Waals surface area contributed by atoms with Gasteiger partial charge in [-0.1, -0.05) is 0 Å². The predicted octanol–water partition coefficient (Wildman–Crippen LogP) is 1.72. The molecule has 0 unspecified atom stereocenters. The maximum atomic E-state index is 12.1. The van der Waals surface area contributed by atoms with Crippen molar-refractivity contribution in [2.75, 3.05) is 32.6 Å². The second kappa shape index (κ2) is 8.99. The van der Waals surface area contributed by atoms with Gasteiger partial charge in [0.15, 0.2) is 0 Å². The van der Waals surface area contributed by atoms with E-state index in [0.717, 1.165) is 23.2 Å². The predicted molar refractivity (Wildman–Crippen MR) is 113 cm³/mol. The SMILES string of the molecule is CN(C[C@@H](Cc1cc[nH]c(=O)c1)N(C)C)c1nc(Cc2ccsc2)cc(=O)[nH]1. The highest BCUT2D eigenvalue weighted by Crippen LogP contribution is 2.13. The number of aromatic nitrogens is 3. The molecule has 3 aromatic heterocycles. The van der Waals surface area contributed by atoms with Gasteiger partial charge in [-0.2, -0.15) is 11.3 Å². The number of rotatable bonds is 8. The first kappa shape index (κ1) is 20.0. The molecule has 0 saturated heterocycles. The number of nitrogens with one attached hydrogen (secondary N) is 2. The summed E-state index contributed by atoms with van der Waals surface area (Å²) in [6.07, 6.45) is 3.03. The zero-order chi connectivity index (χ0) is 20.1. The number of nitrogens with zero attached hydrogens (tertiary/aromatic N) is 3. The molecular weight excluding hydrogens is 374 g/mol. The van der Waals surface area contributed by atoms with Crippen LogP contribution in [0.15, 0.2) is 50.8 Å². The molecule has 0 aliphatic carbocycles. The zero-order valence-electron chi connectivity index (χ0n) is 16.3. The second-order valence-corrected chi connectivity index (χ2v) is 7.91. The molecule has 28 heavy (non-hydrogen) atoms. The van der Waals surface area contributed by atoms with Crippen molar-refractivity contribution >= 4 is 17.3 Å². The third-order valence-electron chi connectivity index (χ3n) is 4.63. The van der Waals surface area contributed by atoms with Crippen molar-refractivity contribution in [3.63, 3.8) is 0 Å². The van der Waals surface area contributed by atoms with Gasteiger partial charge in [0.05, 0.1) is 5.69 Å². The molecule has 3 heterocycles. The number of H-pyrrole nitrogens is 2. The fraction of sp³-hybridized carbons (Fsp3) is 0.350. The summed E-state index contributed by atoms with van der Waals surface area (Å²) in [6.45, 7) is 0.657. The highest BCUT2D eigenvalue weighted by molar-refractivity contribution is 7.07. The first-order chi connectivity index (χ1) is 13.4. The molecule has 0 aliphatic heterocycles. The van der Waals surface area contributed by atoms with Crippen LogP contribution in [0.5, 0.6) is 0 Å². The van der Waals surface area contributed by atoms with Gasteiger partial charge in [-0.15, -0.1) is 0 Å². The minimum absolute atomic E-state index is 0.101. The molecule has 3 aromatic rings. The van der Waals surface area contributed by atoms with Crippen molar-refractivity contribution in [3.8, 4) is 0 Å². The van der Waals surface area contributed by atoms with Gasteiger partial charge in [0.2, 0.25) is 11.5 Å². The lowest BCUT2D eigenvalue weighted by Gasteiger charge is -2.29. The maximum absolute atomic E-state index is 12.1. The van der Waals surface area contributed by atoms with Gasteiger partial charge in [-0.3, -0.25) is 14.6 Å². The molecule has 7 nitrogen and oxygen atoms in total. The molecular formula is C20H25N5O2S. The molecule has 1 atom stereocenters. The Morgan fingerprint density at radius 3 is 2.61 bits per heavy atom. The van der Waals surface area contributed by atoms with Gasteiger partial charge >= 0.3 is 0 Å². The molecule has 0 saturated carbocycles. The van der Waals surface area contributed by atoms with Crippen LogP contribution in [0.25, 0.3) is 0 Å². The first-order valence-electron chi connectivity index (χ1n) is 9.07. The van der Waals surface area contributed by atoms with Crippen LogP contribution >= 0.6 is 11.3 Å². The molecule has 0 amide bonds. The van der Waals surface area contributed by atoms with Crippen LogP contribution in [0.1, 0.15) is 16.8 Å². The number of hydrogen-bond acceptors (Lipinski definition) is 6. The Kier molecular flexibility index (Phi) is 6.43. The highest BCUT2D eigenvalue weighted by atomic mass is 32.1. The summed E-state index contributed by atoms with van der Waals surface area (Å²) < 4.78 is 0. The van der Waals surface area contributed by atoms with Gasteiger partial charge in [-0.05, 0) is 54.5 Å². The summed E-state index contributed by atoms with van der Waals surface area (Å²) in [5.41, 5.74) is 2.62. The largest absolute Gasteiger partial charge is 0.344 e. The van der Waals surface area contributed by atoms with E-state index in [1.54, 1.807) is 29.7 Å². The van der Waals surface area contributed by atoms with E-state index in [9.17, 15) is 9.59 Å². The van der Waals surface area contributed by atoms with E-state index in [0.29, 0.717) is 18.9 Å². The molecule has 0 bridgehead atoms. The Hall–Kier alpha value is -2.71. The molecule has 0 radical (unpaired) electrons. The Bertz CT molecular complexity index is 1010. The standard InChI is InChI=1S/C20H25N5O2S/c1-24(2)17(9-14-4-6-21-18(26)10-14)12-25(3)20-22-16(11-19(27)23-20)8-15-5-7-28-13-15/h4-7,10-11,13,17H,8-9,12H2,1-3H3,(H,21,26)(H,22,23,27)/t17-/m1/s1. The van der Waals surface area contributed by atoms with Crippen LogP contribution < -0.4 is 16.0 Å². The first-order valence-corrected chi connectivity index (χ1v) is 10.0. The van der Waals surface area contributed by atoms with Crippen LogP contribution in [0.3, 0.4) is 0 Å². The highest BCUT2D eigenvalue weighted by Gasteiger charge is 2.17. The third-order valence-corrected chi connectivity index (χ3v) is 5.37. The van der Waals surface area contributed by atoms with E-state index in [4.69, 9.17) is 0 Å². The average molecular weight is 400 g/mol. The van der Waals surface area contributed by atoms with Gasteiger partial charge < -0.3 is 14.8 Å². The number of likely N-dealkylation sites (N-methyl/N-ethyl adjacent to an activating group) is 2. The zero-order valence-corrected chi connectivity index (χ0v) is 17.1. The normalized spacial score (nSPS) is 12.3. The number of hydrogen-bond donors (Lipinski definition) is 2. The van der Waals surface area contributed by atoms with Crippen molar-refractivity contribution in [2.45, 2.75) is 18.9 Å². The van der Waals surface area contributed by atoms with Crippen molar-refractivity contribution in [1.29, 1.82) is 0 Å². The van der Waals surface area contributed by atoms with Crippen molar-refractivity contribution in [2.24, 2.45) is 0 Å². The topological polar surface area (TPSA) is 85.1 Å². The van der Waals surface area contributed by atoms with Gasteiger partial charge in [0, 0.05) is 44.4 Å². The quantitative estimate of drug-likeness (QED) is 0.602. The van der Waals surface area contributed by atoms with Crippen LogP contribution in [0.4, 0.5) is 5.95 Å². The van der Waals surface area contributed by atoms with Crippen molar-refractivity contribution in [1.82, 2.24) is 19.9 Å². The lowest BCUT2D eigenvalue weighted by atomic mass is 10.1. The van der Waals surface area contributed by atoms with E-state index < -0.39 is 0 Å². The van der Waals surface area contributed by atoms with E-state index >= 15 is 0 Å². The lowest BCUT2D eigenvalue weighted by molar-refractivity contribution is 0.294. The molecule has 8 heteroatoms. The van der Waals surface area contributed by atoms with Crippen molar-refractivity contribution < 1.29 is 0 Å². The van der Waals surface area contributed by atoms with Gasteiger partial charge in [0.1, 0.15) is 0 Å². The molecule has 2 N–H and O–H groups in total. The third kappa shape index (κ3) is 5.40. The molecule has 0 aromatic carbocycles. The summed E-state index contributed by atoms with van der Waals surface area (Å²) in [5.74, 6) is 0.551. The minimum Gasteiger partial charge on any atom is -0.344 e. The summed E-state index contributed by atoms with van der Waals surface area (Å²) in [7, 11) is 5.94. The number of thiophene rings is 1. The average Bonchev–Trinajstić information content (AvgIpc) is 3.13. The summed E-state index contributed by atoms with van der Waals surface area (Å²) >= 11 is 1.63. The fourth-order valence-electron chi connectivity index (χ4n) is 3.07. The Balaban J connectivity index is 1.76. The smallest absolute Gasteiger partial charge is 0.252 e. The van der Waals surface area contributed by atoms with Gasteiger partial charge in [-0.25, -0.2) is 4.98 Å². The van der Waals surface area contributed by atoms with E-state index in [2.05, 4.69) is 25.2 Å². The maximum Gasteiger partial charge on any atom is 0.252 e.